The van der Waals surface area contributed by atoms with E-state index in [1.54, 1.807) is 0 Å². The zero-order chi connectivity index (χ0) is 13.8. The Morgan fingerprint density at radius 1 is 1.16 bits per heavy atom. The Hall–Kier alpha value is -1.81. The second-order valence-electron chi connectivity index (χ2n) is 4.58. The summed E-state index contributed by atoms with van der Waals surface area (Å²) in [6.07, 6.45) is 2.00. The molecule has 0 bridgehead atoms. The minimum Gasteiger partial charge on any atom is -0.372 e. The highest BCUT2D eigenvalue weighted by Gasteiger charge is 2.06. The first-order valence-electron chi connectivity index (χ1n) is 6.80. The van der Waals surface area contributed by atoms with E-state index in [0.717, 1.165) is 30.0 Å². The highest BCUT2D eigenvalue weighted by molar-refractivity contribution is 5.50. The first-order valence-corrected chi connectivity index (χ1v) is 6.80. The van der Waals surface area contributed by atoms with Crippen molar-refractivity contribution < 1.29 is 0 Å². The van der Waals surface area contributed by atoms with Gasteiger partial charge in [0.15, 0.2) is 0 Å². The monoisotopic (exact) mass is 258 g/mol. The molecule has 1 aromatic carbocycles. The molecule has 0 saturated heterocycles. The van der Waals surface area contributed by atoms with Crippen molar-refractivity contribution in [2.45, 2.75) is 27.3 Å². The molecule has 0 aliphatic rings. The topological polar surface area (TPSA) is 47.1 Å². The van der Waals surface area contributed by atoms with Gasteiger partial charge in [-0.05, 0) is 45.0 Å². The first-order chi connectivity index (χ1) is 9.19. The Morgan fingerprint density at radius 2 is 1.79 bits per heavy atom. The van der Waals surface area contributed by atoms with Crippen LogP contribution in [0.4, 0.5) is 5.69 Å². The van der Waals surface area contributed by atoms with Gasteiger partial charge in [-0.25, -0.2) is 4.68 Å². The van der Waals surface area contributed by atoms with Gasteiger partial charge in [0.1, 0.15) is 0 Å². The van der Waals surface area contributed by atoms with Gasteiger partial charge in [-0.2, -0.15) is 5.10 Å². The maximum atomic E-state index is 5.68. The van der Waals surface area contributed by atoms with Crippen LogP contribution < -0.4 is 10.6 Å². The van der Waals surface area contributed by atoms with Crippen LogP contribution in [0.2, 0.25) is 0 Å². The lowest BCUT2D eigenvalue weighted by Crippen LogP contribution is -2.21. The molecule has 0 aliphatic heterocycles. The number of hydrogen-bond donors (Lipinski definition) is 1. The van der Waals surface area contributed by atoms with Crippen molar-refractivity contribution in [3.8, 4) is 5.69 Å². The summed E-state index contributed by atoms with van der Waals surface area (Å²) < 4.78 is 1.89. The second kappa shape index (κ2) is 5.89. The van der Waals surface area contributed by atoms with E-state index in [1.165, 1.54) is 5.69 Å². The fraction of sp³-hybridized carbons (Fsp3) is 0.400. The number of nitrogens with zero attached hydrogens (tertiary/aromatic N) is 3. The van der Waals surface area contributed by atoms with E-state index in [9.17, 15) is 0 Å². The summed E-state index contributed by atoms with van der Waals surface area (Å²) in [6, 6.07) is 8.48. The van der Waals surface area contributed by atoms with E-state index in [-0.39, 0.29) is 0 Å². The molecule has 0 spiro atoms. The van der Waals surface area contributed by atoms with E-state index in [1.807, 2.05) is 17.8 Å². The molecule has 0 aliphatic carbocycles. The molecule has 0 fully saturated rings. The van der Waals surface area contributed by atoms with Crippen LogP contribution >= 0.6 is 0 Å². The highest BCUT2D eigenvalue weighted by atomic mass is 15.3. The van der Waals surface area contributed by atoms with E-state index < -0.39 is 0 Å². The molecule has 2 rings (SSSR count). The molecule has 0 atom stereocenters. The maximum Gasteiger partial charge on any atom is 0.0647 e. The number of nitrogens with two attached hydrogens (primary N) is 1. The van der Waals surface area contributed by atoms with Gasteiger partial charge < -0.3 is 10.6 Å². The lowest BCUT2D eigenvalue weighted by atomic mass is 10.2. The summed E-state index contributed by atoms with van der Waals surface area (Å²) in [5, 5.41) is 4.49. The molecule has 4 heteroatoms. The van der Waals surface area contributed by atoms with Crippen LogP contribution in [0.15, 0.2) is 30.5 Å². The number of rotatable bonds is 5. The number of anilines is 1. The molecule has 4 nitrogen and oxygen atoms in total. The smallest absolute Gasteiger partial charge is 0.0647 e. The van der Waals surface area contributed by atoms with E-state index in [2.05, 4.69) is 48.1 Å². The molecule has 1 aromatic heterocycles. The Morgan fingerprint density at radius 3 is 2.26 bits per heavy atom. The van der Waals surface area contributed by atoms with Crippen molar-refractivity contribution in [1.29, 1.82) is 0 Å². The third-order valence-electron chi connectivity index (χ3n) is 3.46. The van der Waals surface area contributed by atoms with Crippen LogP contribution in [0.1, 0.15) is 25.1 Å². The Balaban J connectivity index is 2.26. The number of hydrogen-bond acceptors (Lipinski definition) is 3. The second-order valence-corrected chi connectivity index (χ2v) is 4.58. The summed E-state index contributed by atoms with van der Waals surface area (Å²) in [6.45, 7) is 8.90. The Labute approximate surface area is 114 Å². The van der Waals surface area contributed by atoms with Crippen molar-refractivity contribution in [1.82, 2.24) is 9.78 Å². The van der Waals surface area contributed by atoms with Gasteiger partial charge in [-0.3, -0.25) is 0 Å². The molecule has 19 heavy (non-hydrogen) atoms. The fourth-order valence-electron chi connectivity index (χ4n) is 2.23. The maximum absolute atomic E-state index is 5.68. The Kier molecular flexibility index (Phi) is 4.22. The quantitative estimate of drug-likeness (QED) is 0.896. The average Bonchev–Trinajstić information content (AvgIpc) is 2.82. The number of aromatic nitrogens is 2. The standard InChI is InChI=1S/C15H22N4/c1-4-18(5-2)14-6-8-15(9-7-14)19-11-13(10-16)12(3)17-19/h6-9,11H,4-5,10,16H2,1-3H3. The van der Waals surface area contributed by atoms with Crippen molar-refractivity contribution in [2.75, 3.05) is 18.0 Å². The molecule has 2 N–H and O–H groups in total. The van der Waals surface area contributed by atoms with E-state index in [4.69, 9.17) is 5.73 Å². The first kappa shape index (κ1) is 13.6. The van der Waals surface area contributed by atoms with Crippen molar-refractivity contribution in [3.05, 3.63) is 41.7 Å². The normalized spacial score (nSPS) is 10.7. The molecule has 2 aromatic rings. The molecular formula is C15H22N4. The van der Waals surface area contributed by atoms with Gasteiger partial charge in [0.05, 0.1) is 11.4 Å². The summed E-state index contributed by atoms with van der Waals surface area (Å²) in [5.41, 5.74) is 10.1. The summed E-state index contributed by atoms with van der Waals surface area (Å²) in [7, 11) is 0. The summed E-state index contributed by atoms with van der Waals surface area (Å²) in [5.74, 6) is 0. The molecule has 102 valence electrons. The van der Waals surface area contributed by atoms with Gasteiger partial charge in [0, 0.05) is 37.1 Å². The minimum atomic E-state index is 0.531. The third-order valence-corrected chi connectivity index (χ3v) is 3.46. The minimum absolute atomic E-state index is 0.531. The van der Waals surface area contributed by atoms with Crippen LogP contribution in [0, 0.1) is 6.92 Å². The van der Waals surface area contributed by atoms with E-state index >= 15 is 0 Å². The zero-order valence-corrected chi connectivity index (χ0v) is 11.9. The number of benzene rings is 1. The fourth-order valence-corrected chi connectivity index (χ4v) is 2.23. The van der Waals surface area contributed by atoms with E-state index in [0.29, 0.717) is 6.54 Å². The SMILES string of the molecule is CCN(CC)c1ccc(-n2cc(CN)c(C)n2)cc1. The van der Waals surface area contributed by atoms with Crippen molar-refractivity contribution in [3.63, 3.8) is 0 Å². The van der Waals surface area contributed by atoms with Crippen LogP contribution in [0.3, 0.4) is 0 Å². The molecule has 0 unspecified atom stereocenters. The lowest BCUT2D eigenvalue weighted by molar-refractivity contribution is 0.852. The Bertz CT molecular complexity index is 524. The van der Waals surface area contributed by atoms with Gasteiger partial charge in [0.2, 0.25) is 0 Å². The predicted octanol–water partition coefficient (Wildman–Crippen LogP) is 2.49. The van der Waals surface area contributed by atoms with Gasteiger partial charge in [-0.1, -0.05) is 0 Å². The average molecular weight is 258 g/mol. The molecular weight excluding hydrogens is 236 g/mol. The zero-order valence-electron chi connectivity index (χ0n) is 11.9. The lowest BCUT2D eigenvalue weighted by Gasteiger charge is -2.21. The molecule has 0 saturated carbocycles. The van der Waals surface area contributed by atoms with Crippen LogP contribution in [0.5, 0.6) is 0 Å². The van der Waals surface area contributed by atoms with Crippen LogP contribution in [-0.2, 0) is 6.54 Å². The third kappa shape index (κ3) is 2.79. The van der Waals surface area contributed by atoms with Crippen LogP contribution in [0.25, 0.3) is 5.69 Å². The van der Waals surface area contributed by atoms with Crippen molar-refractivity contribution >= 4 is 5.69 Å². The van der Waals surface area contributed by atoms with Gasteiger partial charge >= 0.3 is 0 Å². The number of aryl methyl sites for hydroxylation is 1. The van der Waals surface area contributed by atoms with Crippen molar-refractivity contribution in [2.24, 2.45) is 5.73 Å². The van der Waals surface area contributed by atoms with Crippen LogP contribution in [-0.4, -0.2) is 22.9 Å². The molecule has 0 amide bonds. The highest BCUT2D eigenvalue weighted by Crippen LogP contribution is 2.18. The largest absolute Gasteiger partial charge is 0.372 e. The van der Waals surface area contributed by atoms with Gasteiger partial charge in [-0.15, -0.1) is 0 Å². The summed E-state index contributed by atoms with van der Waals surface area (Å²) >= 11 is 0. The predicted molar refractivity (Wildman–Crippen MR) is 79.8 cm³/mol. The van der Waals surface area contributed by atoms with Gasteiger partial charge in [0.25, 0.3) is 0 Å². The summed E-state index contributed by atoms with van der Waals surface area (Å²) in [4.78, 5) is 2.32. The molecule has 0 radical (unpaired) electrons. The molecule has 1 heterocycles.